The Labute approximate surface area is 213 Å². The molecule has 3 aromatic rings. The predicted molar refractivity (Wildman–Crippen MR) is 143 cm³/mol. The number of nitrogen functional groups attached to an aromatic ring is 1. The Kier molecular flexibility index (Phi) is 8.28. The summed E-state index contributed by atoms with van der Waals surface area (Å²) in [6.45, 7) is 7.02. The van der Waals surface area contributed by atoms with Gasteiger partial charge in [0.05, 0.1) is 28.6 Å². The van der Waals surface area contributed by atoms with Crippen LogP contribution in [0.15, 0.2) is 36.8 Å². The molecule has 0 fully saturated rings. The highest BCUT2D eigenvalue weighted by Crippen LogP contribution is 2.32. The number of nitrogens with one attached hydrogen (secondary N) is 6. The maximum atomic E-state index is 12.6. The third kappa shape index (κ3) is 6.37. The lowest BCUT2D eigenvalue weighted by molar-refractivity contribution is 0.0977. The minimum atomic E-state index is -0.455. The van der Waals surface area contributed by atoms with E-state index >= 15 is 0 Å². The molecule has 8 N–H and O–H groups in total. The third-order valence-corrected chi connectivity index (χ3v) is 5.33. The topological polar surface area (TPSA) is 178 Å². The van der Waals surface area contributed by atoms with Crippen molar-refractivity contribution >= 4 is 51.6 Å². The number of hydrogen-bond donors (Lipinski definition) is 7. The SMILES string of the molecule is COCCN/C=C\C(=N)NC(=O)c1ccc2c(Cl)c(C(=N)c3c(N)ncnc3NC(C)(C)C)[nH]c2c1. The number of H-pyrrole nitrogens is 1. The van der Waals surface area contributed by atoms with E-state index in [4.69, 9.17) is 32.9 Å². The van der Waals surface area contributed by atoms with Crippen molar-refractivity contribution in [2.75, 3.05) is 31.3 Å². The second-order valence-electron chi connectivity index (χ2n) is 8.95. The van der Waals surface area contributed by atoms with Gasteiger partial charge < -0.3 is 31.4 Å². The average Bonchev–Trinajstić information content (AvgIpc) is 3.13. The Morgan fingerprint density at radius 3 is 2.72 bits per heavy atom. The van der Waals surface area contributed by atoms with Crippen LogP contribution >= 0.6 is 11.6 Å². The van der Waals surface area contributed by atoms with Crippen LogP contribution in [-0.2, 0) is 4.74 Å². The number of methoxy groups -OCH3 is 1. The minimum Gasteiger partial charge on any atom is -0.388 e. The molecule has 1 amide bonds. The average molecular weight is 512 g/mol. The van der Waals surface area contributed by atoms with Crippen molar-refractivity contribution in [1.29, 1.82) is 10.8 Å². The molecular formula is C24H30ClN9O2. The van der Waals surface area contributed by atoms with Crippen LogP contribution in [0.4, 0.5) is 11.6 Å². The number of aromatic amines is 1. The van der Waals surface area contributed by atoms with Crippen LogP contribution in [0, 0.1) is 10.8 Å². The van der Waals surface area contributed by atoms with Gasteiger partial charge in [0.15, 0.2) is 0 Å². The van der Waals surface area contributed by atoms with E-state index in [-0.39, 0.29) is 22.9 Å². The van der Waals surface area contributed by atoms with Gasteiger partial charge in [0.2, 0.25) is 0 Å². The molecule has 0 unspecified atom stereocenters. The first-order valence-corrected chi connectivity index (χ1v) is 11.5. The van der Waals surface area contributed by atoms with E-state index in [0.717, 1.165) is 0 Å². The Balaban J connectivity index is 1.85. The van der Waals surface area contributed by atoms with Gasteiger partial charge in [-0.1, -0.05) is 17.7 Å². The van der Waals surface area contributed by atoms with Crippen molar-refractivity contribution in [1.82, 2.24) is 25.6 Å². The lowest BCUT2D eigenvalue weighted by Crippen LogP contribution is -2.28. The molecule has 11 nitrogen and oxygen atoms in total. The van der Waals surface area contributed by atoms with Gasteiger partial charge in [-0.25, -0.2) is 9.97 Å². The highest BCUT2D eigenvalue weighted by molar-refractivity contribution is 6.40. The fraction of sp³-hybridized carbons (Fsp3) is 0.292. The van der Waals surface area contributed by atoms with E-state index in [1.807, 2.05) is 20.8 Å². The fourth-order valence-electron chi connectivity index (χ4n) is 3.32. The third-order valence-electron chi connectivity index (χ3n) is 4.93. The van der Waals surface area contributed by atoms with Crippen LogP contribution in [-0.4, -0.2) is 58.2 Å². The number of carbonyl (C=O) groups is 1. The summed E-state index contributed by atoms with van der Waals surface area (Å²) in [7, 11) is 1.60. The minimum absolute atomic E-state index is 0.0138. The van der Waals surface area contributed by atoms with Gasteiger partial charge in [0, 0.05) is 41.9 Å². The number of aromatic nitrogens is 3. The largest absolute Gasteiger partial charge is 0.388 e. The molecule has 12 heteroatoms. The number of rotatable bonds is 9. The van der Waals surface area contributed by atoms with E-state index < -0.39 is 5.91 Å². The van der Waals surface area contributed by atoms with E-state index in [2.05, 4.69) is 30.9 Å². The summed E-state index contributed by atoms with van der Waals surface area (Å²) >= 11 is 6.62. The number of hydrogen-bond acceptors (Lipinski definition) is 9. The molecule has 0 radical (unpaired) electrons. The van der Waals surface area contributed by atoms with Gasteiger partial charge in [-0.2, -0.15) is 0 Å². The van der Waals surface area contributed by atoms with Crippen LogP contribution in [0.5, 0.6) is 0 Å². The first-order chi connectivity index (χ1) is 17.0. The highest BCUT2D eigenvalue weighted by atomic mass is 35.5. The van der Waals surface area contributed by atoms with E-state index in [1.165, 1.54) is 12.4 Å². The van der Waals surface area contributed by atoms with E-state index in [0.29, 0.717) is 51.7 Å². The molecule has 0 saturated heterocycles. The van der Waals surface area contributed by atoms with E-state index in [1.54, 1.807) is 31.5 Å². The van der Waals surface area contributed by atoms with Crippen LogP contribution in [0.3, 0.4) is 0 Å². The van der Waals surface area contributed by atoms with Gasteiger partial charge in [0.25, 0.3) is 5.91 Å². The number of carbonyl (C=O) groups excluding carboxylic acids is 1. The second-order valence-corrected chi connectivity index (χ2v) is 9.33. The summed E-state index contributed by atoms with van der Waals surface area (Å²) in [5, 5.41) is 26.4. The maximum Gasteiger partial charge on any atom is 0.256 e. The number of anilines is 2. The van der Waals surface area contributed by atoms with Gasteiger partial charge in [-0.15, -0.1) is 0 Å². The number of nitrogens with zero attached hydrogens (tertiary/aromatic N) is 2. The summed E-state index contributed by atoms with van der Waals surface area (Å²) in [6, 6.07) is 4.90. The molecule has 0 spiro atoms. The zero-order chi connectivity index (χ0) is 26.5. The van der Waals surface area contributed by atoms with Crippen molar-refractivity contribution in [2.45, 2.75) is 26.3 Å². The molecule has 0 saturated carbocycles. The summed E-state index contributed by atoms with van der Waals surface area (Å²) in [4.78, 5) is 24.1. The zero-order valence-electron chi connectivity index (χ0n) is 20.5. The van der Waals surface area contributed by atoms with Crippen LogP contribution in [0.25, 0.3) is 10.9 Å². The zero-order valence-corrected chi connectivity index (χ0v) is 21.3. The molecule has 1 aromatic carbocycles. The Morgan fingerprint density at radius 2 is 2.03 bits per heavy atom. The first-order valence-electron chi connectivity index (χ1n) is 11.1. The summed E-state index contributed by atoms with van der Waals surface area (Å²) in [6.07, 6.45) is 4.34. The van der Waals surface area contributed by atoms with Crippen molar-refractivity contribution in [3.05, 3.63) is 58.6 Å². The van der Waals surface area contributed by atoms with Crippen molar-refractivity contribution in [2.24, 2.45) is 0 Å². The van der Waals surface area contributed by atoms with Crippen LogP contribution < -0.4 is 21.7 Å². The molecule has 2 heterocycles. The molecule has 0 aliphatic rings. The Morgan fingerprint density at radius 1 is 1.28 bits per heavy atom. The maximum absolute atomic E-state index is 12.6. The Hall–Kier alpha value is -3.96. The quantitative estimate of drug-likeness (QED) is 0.131. The fourth-order valence-corrected chi connectivity index (χ4v) is 3.63. The standard InChI is InChI=1S/C24H30ClN9O2/c1-24(2,3)34-22-17(21(28)30-12-31-22)19(27)20-18(25)14-6-5-13(11-15(14)32-20)23(35)33-16(26)7-8-29-9-10-36-4/h5-8,11-12,27,29,32H,9-10H2,1-4H3,(H2,26,33,35)(H3,28,30,31,34)/b8-7-,27-19?. The lowest BCUT2D eigenvalue weighted by atomic mass is 10.1. The molecule has 0 aliphatic heterocycles. The molecule has 0 atom stereocenters. The van der Waals surface area contributed by atoms with Crippen LogP contribution in [0.2, 0.25) is 5.02 Å². The van der Waals surface area contributed by atoms with Gasteiger partial charge in [-0.05, 0) is 39.0 Å². The van der Waals surface area contributed by atoms with Gasteiger partial charge in [-0.3, -0.25) is 15.6 Å². The number of nitrogens with two attached hydrogens (primary N) is 1. The Bertz CT molecular complexity index is 1330. The molecular weight excluding hydrogens is 482 g/mol. The van der Waals surface area contributed by atoms with Gasteiger partial charge >= 0.3 is 0 Å². The van der Waals surface area contributed by atoms with E-state index in [9.17, 15) is 4.79 Å². The molecule has 2 aromatic heterocycles. The van der Waals surface area contributed by atoms with Crippen molar-refractivity contribution in [3.63, 3.8) is 0 Å². The lowest BCUT2D eigenvalue weighted by Gasteiger charge is -2.23. The number of ether oxygens (including phenoxy) is 1. The first kappa shape index (κ1) is 26.6. The normalized spacial score (nSPS) is 11.6. The van der Waals surface area contributed by atoms with Gasteiger partial charge in [0.1, 0.15) is 23.8 Å². The molecule has 0 bridgehead atoms. The molecule has 3 rings (SSSR count). The smallest absolute Gasteiger partial charge is 0.256 e. The summed E-state index contributed by atoms with van der Waals surface area (Å²) in [5.74, 6) is 0.0245. The summed E-state index contributed by atoms with van der Waals surface area (Å²) < 4.78 is 4.93. The summed E-state index contributed by atoms with van der Waals surface area (Å²) in [5.41, 5.74) is 7.31. The number of amidine groups is 1. The van der Waals surface area contributed by atoms with Crippen molar-refractivity contribution < 1.29 is 9.53 Å². The molecule has 36 heavy (non-hydrogen) atoms. The van der Waals surface area contributed by atoms with Crippen LogP contribution in [0.1, 0.15) is 42.4 Å². The molecule has 0 aliphatic carbocycles. The molecule has 190 valence electrons. The second kappa shape index (κ2) is 11.2. The number of benzene rings is 1. The monoisotopic (exact) mass is 511 g/mol. The number of amides is 1. The number of halogens is 1. The number of fused-ring (bicyclic) bond motifs is 1. The highest BCUT2D eigenvalue weighted by Gasteiger charge is 2.24. The van der Waals surface area contributed by atoms with Crippen molar-refractivity contribution in [3.8, 4) is 0 Å². The predicted octanol–water partition coefficient (Wildman–Crippen LogP) is 3.28.